The number of carbonyl (C=O) groups is 1. The number of fused-ring (bicyclic) bond motifs is 1. The fraction of sp³-hybridized carbons (Fsp3) is 0.138. The van der Waals surface area contributed by atoms with E-state index in [4.69, 9.17) is 14.5 Å². The molecule has 0 fully saturated rings. The minimum Gasteiger partial charge on any atom is -0.497 e. The number of hydrogen-bond donors (Lipinski definition) is 0. The van der Waals surface area contributed by atoms with Crippen molar-refractivity contribution in [3.63, 3.8) is 0 Å². The zero-order valence-electron chi connectivity index (χ0n) is 20.2. The largest absolute Gasteiger partial charge is 0.497 e. The first kappa shape index (κ1) is 24.9. The van der Waals surface area contributed by atoms with Crippen molar-refractivity contribution < 1.29 is 14.3 Å². The molecule has 37 heavy (non-hydrogen) atoms. The van der Waals surface area contributed by atoms with Gasteiger partial charge in [0.05, 0.1) is 35.6 Å². The standard InChI is InChI=1S/C29H23BrN2O4S/c1-3-36-28(34)24-25(19-8-5-4-6-9-19)31-29-32(26(24)20-10-7-11-22(17-20)35-2)27(33)23(37-29)16-18-12-14-21(30)15-13-18/h4-17,26H,3H2,1-2H3/b23-16-/t26-/m0/s1. The first-order valence-electron chi connectivity index (χ1n) is 11.7. The van der Waals surface area contributed by atoms with Crippen LogP contribution in [-0.4, -0.2) is 24.3 Å². The lowest BCUT2D eigenvalue weighted by atomic mass is 9.93. The molecule has 186 valence electrons. The number of ether oxygens (including phenoxy) is 2. The average molecular weight is 575 g/mol. The summed E-state index contributed by atoms with van der Waals surface area (Å²) in [6.07, 6.45) is 1.84. The zero-order valence-corrected chi connectivity index (χ0v) is 22.6. The summed E-state index contributed by atoms with van der Waals surface area (Å²) in [4.78, 5) is 32.7. The highest BCUT2D eigenvalue weighted by Gasteiger charge is 2.35. The molecule has 0 amide bonds. The summed E-state index contributed by atoms with van der Waals surface area (Å²) in [5, 5.41) is 0. The number of carbonyl (C=O) groups excluding carboxylic acids is 1. The molecule has 2 heterocycles. The maximum absolute atomic E-state index is 13.9. The Labute approximate surface area is 226 Å². The van der Waals surface area contributed by atoms with Gasteiger partial charge in [-0.25, -0.2) is 9.79 Å². The molecule has 0 unspecified atom stereocenters. The van der Waals surface area contributed by atoms with Gasteiger partial charge in [0, 0.05) is 10.0 Å². The van der Waals surface area contributed by atoms with Crippen LogP contribution in [0.2, 0.25) is 0 Å². The van der Waals surface area contributed by atoms with Gasteiger partial charge in [-0.15, -0.1) is 0 Å². The fourth-order valence-corrected chi connectivity index (χ4v) is 5.54. The van der Waals surface area contributed by atoms with Crippen molar-refractivity contribution in [2.75, 3.05) is 13.7 Å². The van der Waals surface area contributed by atoms with E-state index in [0.29, 0.717) is 26.4 Å². The van der Waals surface area contributed by atoms with E-state index in [1.54, 1.807) is 18.6 Å². The Morgan fingerprint density at radius 3 is 2.54 bits per heavy atom. The minimum atomic E-state index is -0.743. The number of rotatable bonds is 6. The van der Waals surface area contributed by atoms with Gasteiger partial charge < -0.3 is 9.47 Å². The number of thiazole rings is 1. The molecule has 0 N–H and O–H groups in total. The van der Waals surface area contributed by atoms with Gasteiger partial charge in [-0.1, -0.05) is 81.9 Å². The number of halogens is 1. The van der Waals surface area contributed by atoms with E-state index < -0.39 is 12.0 Å². The summed E-state index contributed by atoms with van der Waals surface area (Å²) < 4.78 is 14.0. The molecule has 8 heteroatoms. The molecule has 1 aliphatic rings. The summed E-state index contributed by atoms with van der Waals surface area (Å²) in [6.45, 7) is 1.96. The monoisotopic (exact) mass is 574 g/mol. The van der Waals surface area contributed by atoms with Crippen LogP contribution < -0.4 is 19.6 Å². The Hall–Kier alpha value is -3.75. The van der Waals surface area contributed by atoms with Gasteiger partial charge in [0.1, 0.15) is 5.75 Å². The van der Waals surface area contributed by atoms with Gasteiger partial charge in [-0.3, -0.25) is 9.36 Å². The van der Waals surface area contributed by atoms with Crippen molar-refractivity contribution in [1.29, 1.82) is 0 Å². The van der Waals surface area contributed by atoms with Gasteiger partial charge in [0.2, 0.25) is 0 Å². The Kier molecular flexibility index (Phi) is 7.21. The van der Waals surface area contributed by atoms with E-state index in [2.05, 4.69) is 15.9 Å². The second-order valence-electron chi connectivity index (χ2n) is 8.26. The summed E-state index contributed by atoms with van der Waals surface area (Å²) in [7, 11) is 1.58. The Morgan fingerprint density at radius 1 is 1.08 bits per heavy atom. The molecule has 0 radical (unpaired) electrons. The minimum absolute atomic E-state index is 0.198. The molecule has 5 rings (SSSR count). The SMILES string of the molecule is CCOC(=O)C1=C(c2ccccc2)N=c2s/c(=C\c3ccc(Br)cc3)c(=O)n2[C@H]1c1cccc(OC)c1. The molecule has 0 spiro atoms. The predicted molar refractivity (Wildman–Crippen MR) is 148 cm³/mol. The number of esters is 1. The quantitative estimate of drug-likeness (QED) is 0.313. The van der Waals surface area contributed by atoms with Crippen LogP contribution in [0.5, 0.6) is 5.75 Å². The van der Waals surface area contributed by atoms with Gasteiger partial charge >= 0.3 is 5.97 Å². The van der Waals surface area contributed by atoms with E-state index in [1.165, 1.54) is 11.3 Å². The Morgan fingerprint density at radius 2 is 1.84 bits per heavy atom. The average Bonchev–Trinajstić information content (AvgIpc) is 3.24. The van der Waals surface area contributed by atoms with Crippen LogP contribution in [0.15, 0.2) is 98.7 Å². The van der Waals surface area contributed by atoms with E-state index in [-0.39, 0.29) is 12.2 Å². The summed E-state index contributed by atoms with van der Waals surface area (Å²) >= 11 is 4.74. The third kappa shape index (κ3) is 4.95. The van der Waals surface area contributed by atoms with Crippen molar-refractivity contribution >= 4 is 45.0 Å². The van der Waals surface area contributed by atoms with Crippen molar-refractivity contribution in [3.05, 3.63) is 125 Å². The second kappa shape index (κ2) is 10.7. The van der Waals surface area contributed by atoms with E-state index in [9.17, 15) is 9.59 Å². The molecule has 0 bridgehead atoms. The third-order valence-electron chi connectivity index (χ3n) is 5.95. The molecule has 0 saturated heterocycles. The highest BCUT2D eigenvalue weighted by Crippen LogP contribution is 2.36. The Bertz CT molecular complexity index is 1670. The normalized spacial score (nSPS) is 15.2. The molecule has 1 atom stereocenters. The molecule has 1 aliphatic heterocycles. The second-order valence-corrected chi connectivity index (χ2v) is 10.2. The topological polar surface area (TPSA) is 69.9 Å². The van der Waals surface area contributed by atoms with Gasteiger partial charge in [-0.2, -0.15) is 0 Å². The van der Waals surface area contributed by atoms with Crippen LogP contribution in [0.3, 0.4) is 0 Å². The van der Waals surface area contributed by atoms with Crippen LogP contribution >= 0.6 is 27.3 Å². The molecule has 3 aromatic carbocycles. The Balaban J connectivity index is 1.83. The molecule has 1 aromatic heterocycles. The number of benzene rings is 3. The molecule has 4 aromatic rings. The molecular weight excluding hydrogens is 552 g/mol. The predicted octanol–water partition coefficient (Wildman–Crippen LogP) is 4.71. The lowest BCUT2D eigenvalue weighted by Gasteiger charge is -2.26. The highest BCUT2D eigenvalue weighted by molar-refractivity contribution is 9.10. The van der Waals surface area contributed by atoms with Crippen LogP contribution in [0, 0.1) is 0 Å². The smallest absolute Gasteiger partial charge is 0.338 e. The van der Waals surface area contributed by atoms with E-state index in [0.717, 1.165) is 21.2 Å². The first-order chi connectivity index (χ1) is 18.0. The van der Waals surface area contributed by atoms with Crippen LogP contribution in [-0.2, 0) is 9.53 Å². The summed E-state index contributed by atoms with van der Waals surface area (Å²) in [5.41, 5.74) is 2.95. The van der Waals surface area contributed by atoms with Gasteiger partial charge in [-0.05, 0) is 48.4 Å². The van der Waals surface area contributed by atoms with Crippen molar-refractivity contribution in [3.8, 4) is 5.75 Å². The number of nitrogens with zero attached hydrogens (tertiary/aromatic N) is 2. The molecule has 6 nitrogen and oxygen atoms in total. The number of hydrogen-bond acceptors (Lipinski definition) is 6. The lowest BCUT2D eigenvalue weighted by Crippen LogP contribution is -2.40. The van der Waals surface area contributed by atoms with Crippen LogP contribution in [0.4, 0.5) is 0 Å². The number of methoxy groups -OCH3 is 1. The highest BCUT2D eigenvalue weighted by atomic mass is 79.9. The number of aromatic nitrogens is 1. The van der Waals surface area contributed by atoms with Gasteiger partial charge in [0.25, 0.3) is 5.56 Å². The first-order valence-corrected chi connectivity index (χ1v) is 13.3. The maximum atomic E-state index is 13.9. The maximum Gasteiger partial charge on any atom is 0.338 e. The van der Waals surface area contributed by atoms with E-state index in [1.807, 2.05) is 84.9 Å². The molecular formula is C29H23BrN2O4S. The molecule has 0 aliphatic carbocycles. The van der Waals surface area contributed by atoms with Crippen molar-refractivity contribution in [2.24, 2.45) is 4.99 Å². The van der Waals surface area contributed by atoms with Gasteiger partial charge in [0.15, 0.2) is 4.80 Å². The summed E-state index contributed by atoms with van der Waals surface area (Å²) in [6, 6.07) is 23.8. The molecule has 0 saturated carbocycles. The summed E-state index contributed by atoms with van der Waals surface area (Å²) in [5.74, 6) is 0.107. The third-order valence-corrected chi connectivity index (χ3v) is 7.46. The van der Waals surface area contributed by atoms with E-state index >= 15 is 0 Å². The van der Waals surface area contributed by atoms with Crippen molar-refractivity contribution in [1.82, 2.24) is 4.57 Å². The van der Waals surface area contributed by atoms with Crippen molar-refractivity contribution in [2.45, 2.75) is 13.0 Å². The van der Waals surface area contributed by atoms with Crippen LogP contribution in [0.1, 0.15) is 29.7 Å². The van der Waals surface area contributed by atoms with Crippen LogP contribution in [0.25, 0.3) is 11.8 Å². The lowest BCUT2D eigenvalue weighted by molar-refractivity contribution is -0.138. The zero-order chi connectivity index (χ0) is 25.9. The fourth-order valence-electron chi connectivity index (χ4n) is 4.28.